The standard InChI is InChI=1S/C10H10N4/c1-7-8(4-2-3-5-11)6-14-10(13)9(7)12/h6H,3,12H2,1H3,(H2,13,14). The van der Waals surface area contributed by atoms with Gasteiger partial charge in [0.25, 0.3) is 0 Å². The lowest BCUT2D eigenvalue weighted by Crippen LogP contribution is -2.01. The van der Waals surface area contributed by atoms with E-state index in [1.54, 1.807) is 6.20 Å². The number of aromatic nitrogens is 1. The fourth-order valence-corrected chi connectivity index (χ4v) is 0.943. The Balaban J connectivity index is 3.09. The molecule has 0 fully saturated rings. The maximum absolute atomic E-state index is 8.30. The zero-order valence-electron chi connectivity index (χ0n) is 7.83. The Bertz CT molecular complexity index is 446. The third-order valence-corrected chi connectivity index (χ3v) is 1.81. The molecule has 1 heterocycles. The van der Waals surface area contributed by atoms with Crippen LogP contribution < -0.4 is 11.5 Å². The number of hydrogen-bond acceptors (Lipinski definition) is 4. The summed E-state index contributed by atoms with van der Waals surface area (Å²) in [6, 6.07) is 1.93. The second-order valence-corrected chi connectivity index (χ2v) is 2.73. The summed E-state index contributed by atoms with van der Waals surface area (Å²) in [7, 11) is 0. The summed E-state index contributed by atoms with van der Waals surface area (Å²) in [5, 5.41) is 8.30. The monoisotopic (exact) mass is 186 g/mol. The molecule has 0 saturated carbocycles. The van der Waals surface area contributed by atoms with Gasteiger partial charge in [0, 0.05) is 11.8 Å². The Morgan fingerprint density at radius 1 is 1.50 bits per heavy atom. The molecule has 70 valence electrons. The number of rotatable bonds is 0. The minimum absolute atomic E-state index is 0.198. The quantitative estimate of drug-likeness (QED) is 0.587. The van der Waals surface area contributed by atoms with Crippen molar-refractivity contribution in [3.63, 3.8) is 0 Å². The van der Waals surface area contributed by atoms with Gasteiger partial charge in [-0.05, 0) is 12.5 Å². The van der Waals surface area contributed by atoms with Crippen molar-refractivity contribution in [3.05, 3.63) is 17.3 Å². The van der Waals surface area contributed by atoms with Gasteiger partial charge in [0.1, 0.15) is 5.82 Å². The van der Waals surface area contributed by atoms with Crippen LogP contribution in [0.4, 0.5) is 11.5 Å². The Morgan fingerprint density at radius 2 is 2.21 bits per heavy atom. The van der Waals surface area contributed by atoms with Crippen molar-refractivity contribution >= 4 is 11.5 Å². The molecular formula is C10H10N4. The van der Waals surface area contributed by atoms with E-state index in [1.807, 2.05) is 13.0 Å². The predicted molar refractivity (Wildman–Crippen MR) is 54.9 cm³/mol. The van der Waals surface area contributed by atoms with Crippen LogP contribution in [-0.4, -0.2) is 4.98 Å². The maximum Gasteiger partial charge on any atom is 0.146 e. The fourth-order valence-electron chi connectivity index (χ4n) is 0.943. The first-order valence-corrected chi connectivity index (χ1v) is 4.03. The predicted octanol–water partition coefficient (Wildman–Crippen LogP) is 0.820. The molecule has 0 saturated heterocycles. The summed E-state index contributed by atoms with van der Waals surface area (Å²) in [6.45, 7) is 1.82. The Hall–Kier alpha value is -2.20. The smallest absolute Gasteiger partial charge is 0.146 e. The number of pyridine rings is 1. The van der Waals surface area contributed by atoms with Gasteiger partial charge < -0.3 is 11.5 Å². The molecule has 4 heteroatoms. The highest BCUT2D eigenvalue weighted by Crippen LogP contribution is 2.19. The maximum atomic E-state index is 8.30. The minimum Gasteiger partial charge on any atom is -0.395 e. The van der Waals surface area contributed by atoms with Gasteiger partial charge in [0.15, 0.2) is 0 Å². The van der Waals surface area contributed by atoms with Crippen molar-refractivity contribution in [2.45, 2.75) is 13.3 Å². The molecule has 1 aromatic rings. The average molecular weight is 186 g/mol. The van der Waals surface area contributed by atoms with Gasteiger partial charge in [-0.15, -0.1) is 0 Å². The van der Waals surface area contributed by atoms with E-state index >= 15 is 0 Å². The molecule has 0 aliphatic rings. The highest BCUT2D eigenvalue weighted by atomic mass is 14.9. The van der Waals surface area contributed by atoms with Gasteiger partial charge in [-0.2, -0.15) is 5.26 Å². The lowest BCUT2D eigenvalue weighted by Gasteiger charge is -2.04. The van der Waals surface area contributed by atoms with E-state index in [0.29, 0.717) is 17.1 Å². The van der Waals surface area contributed by atoms with Crippen LogP contribution >= 0.6 is 0 Å². The minimum atomic E-state index is 0.198. The Kier molecular flexibility index (Phi) is 2.93. The molecule has 4 N–H and O–H groups in total. The lowest BCUT2D eigenvalue weighted by atomic mass is 10.1. The molecule has 0 bridgehead atoms. The molecule has 0 aliphatic carbocycles. The summed E-state index contributed by atoms with van der Waals surface area (Å²) in [5.74, 6) is 5.82. The molecule has 0 aromatic carbocycles. The van der Waals surface area contributed by atoms with E-state index in [9.17, 15) is 0 Å². The molecule has 0 spiro atoms. The number of nitrogens with two attached hydrogens (primary N) is 2. The van der Waals surface area contributed by atoms with Crippen LogP contribution in [0, 0.1) is 30.1 Å². The van der Waals surface area contributed by atoms with Crippen molar-refractivity contribution < 1.29 is 0 Å². The topological polar surface area (TPSA) is 88.7 Å². The van der Waals surface area contributed by atoms with Crippen LogP contribution in [0.1, 0.15) is 17.5 Å². The summed E-state index contributed by atoms with van der Waals surface area (Å²) >= 11 is 0. The summed E-state index contributed by atoms with van der Waals surface area (Å²) in [5.41, 5.74) is 13.1. The van der Waals surface area contributed by atoms with Gasteiger partial charge in [-0.3, -0.25) is 0 Å². The first kappa shape index (κ1) is 9.88. The lowest BCUT2D eigenvalue weighted by molar-refractivity contribution is 1.28. The van der Waals surface area contributed by atoms with Crippen molar-refractivity contribution in [1.29, 1.82) is 5.26 Å². The van der Waals surface area contributed by atoms with Crippen LogP contribution in [0.3, 0.4) is 0 Å². The summed E-state index contributed by atoms with van der Waals surface area (Å²) in [6.07, 6.45) is 1.76. The van der Waals surface area contributed by atoms with E-state index in [2.05, 4.69) is 16.8 Å². The van der Waals surface area contributed by atoms with Gasteiger partial charge in [0.2, 0.25) is 0 Å². The van der Waals surface area contributed by atoms with Crippen LogP contribution in [0.15, 0.2) is 6.20 Å². The number of nitriles is 1. The van der Waals surface area contributed by atoms with Crippen molar-refractivity contribution in [2.24, 2.45) is 0 Å². The zero-order chi connectivity index (χ0) is 10.6. The van der Waals surface area contributed by atoms with E-state index in [4.69, 9.17) is 16.7 Å². The van der Waals surface area contributed by atoms with Gasteiger partial charge in [0.05, 0.1) is 18.2 Å². The van der Waals surface area contributed by atoms with E-state index < -0.39 is 0 Å². The SMILES string of the molecule is Cc1c(C#CCC#N)cnc(N)c1N. The van der Waals surface area contributed by atoms with Crippen LogP contribution in [0.25, 0.3) is 0 Å². The number of nitrogens with zero attached hydrogens (tertiary/aromatic N) is 2. The summed E-state index contributed by atoms with van der Waals surface area (Å²) < 4.78 is 0. The first-order chi connectivity index (χ1) is 6.66. The Labute approximate surface area is 82.5 Å². The molecule has 1 rings (SSSR count). The molecule has 0 amide bonds. The van der Waals surface area contributed by atoms with Crippen molar-refractivity contribution in [2.75, 3.05) is 11.5 Å². The van der Waals surface area contributed by atoms with E-state index in [0.717, 1.165) is 5.56 Å². The number of anilines is 2. The van der Waals surface area contributed by atoms with Crippen LogP contribution in [0.2, 0.25) is 0 Å². The fraction of sp³-hybridized carbons (Fsp3) is 0.200. The van der Waals surface area contributed by atoms with E-state index in [-0.39, 0.29) is 6.42 Å². The van der Waals surface area contributed by atoms with E-state index in [1.165, 1.54) is 0 Å². The summed E-state index contributed by atoms with van der Waals surface area (Å²) in [4.78, 5) is 3.89. The van der Waals surface area contributed by atoms with Crippen molar-refractivity contribution in [1.82, 2.24) is 4.98 Å². The largest absolute Gasteiger partial charge is 0.395 e. The highest BCUT2D eigenvalue weighted by molar-refractivity contribution is 5.66. The molecule has 0 unspecified atom stereocenters. The van der Waals surface area contributed by atoms with Gasteiger partial charge in [-0.25, -0.2) is 4.98 Å². The number of hydrogen-bond donors (Lipinski definition) is 2. The second kappa shape index (κ2) is 4.15. The molecular weight excluding hydrogens is 176 g/mol. The number of nitrogen functional groups attached to an aromatic ring is 2. The molecule has 1 aromatic heterocycles. The Morgan fingerprint density at radius 3 is 2.86 bits per heavy atom. The van der Waals surface area contributed by atoms with Gasteiger partial charge >= 0.3 is 0 Å². The molecule has 0 aliphatic heterocycles. The molecule has 4 nitrogen and oxygen atoms in total. The zero-order valence-corrected chi connectivity index (χ0v) is 7.83. The third kappa shape index (κ3) is 1.94. The second-order valence-electron chi connectivity index (χ2n) is 2.73. The molecule has 14 heavy (non-hydrogen) atoms. The van der Waals surface area contributed by atoms with Crippen LogP contribution in [-0.2, 0) is 0 Å². The normalized spacial score (nSPS) is 8.57. The highest BCUT2D eigenvalue weighted by Gasteiger charge is 2.03. The van der Waals surface area contributed by atoms with Crippen molar-refractivity contribution in [3.8, 4) is 17.9 Å². The van der Waals surface area contributed by atoms with Gasteiger partial charge in [-0.1, -0.05) is 11.8 Å². The first-order valence-electron chi connectivity index (χ1n) is 4.03. The average Bonchev–Trinajstić information content (AvgIpc) is 2.18. The molecule has 0 radical (unpaired) electrons. The molecule has 0 atom stereocenters. The third-order valence-electron chi connectivity index (χ3n) is 1.81. The van der Waals surface area contributed by atoms with Crippen LogP contribution in [0.5, 0.6) is 0 Å².